The number of hydrogen-bond acceptors (Lipinski definition) is 5. The number of hydrogen-bond donors (Lipinski definition) is 1. The Hall–Kier alpha value is -4.27. The van der Waals surface area contributed by atoms with Gasteiger partial charge < -0.3 is 14.6 Å². The van der Waals surface area contributed by atoms with Crippen molar-refractivity contribution < 1.29 is 37.3 Å². The van der Waals surface area contributed by atoms with Crippen LogP contribution in [0.4, 0.5) is 18.9 Å². The molecule has 1 unspecified atom stereocenters. The molecule has 0 radical (unpaired) electrons. The van der Waals surface area contributed by atoms with Crippen molar-refractivity contribution in [2.75, 3.05) is 12.0 Å². The zero-order chi connectivity index (χ0) is 24.5. The first-order chi connectivity index (χ1) is 16.2. The highest BCUT2D eigenvalue weighted by Crippen LogP contribution is 2.43. The van der Waals surface area contributed by atoms with E-state index in [1.54, 1.807) is 42.5 Å². The highest BCUT2D eigenvalue weighted by Gasteiger charge is 2.47. The van der Waals surface area contributed by atoms with Crippen LogP contribution in [-0.4, -0.2) is 30.3 Å². The van der Waals surface area contributed by atoms with E-state index in [1.165, 1.54) is 31.4 Å². The van der Waals surface area contributed by atoms with Gasteiger partial charge in [-0.25, -0.2) is 0 Å². The monoisotopic (exact) mass is 469 g/mol. The number of carbonyl (C=O) groups is 2. The van der Waals surface area contributed by atoms with Gasteiger partial charge in [-0.15, -0.1) is 13.2 Å². The molecule has 1 amide bonds. The molecule has 1 saturated heterocycles. The molecule has 1 aliphatic rings. The van der Waals surface area contributed by atoms with Gasteiger partial charge in [-0.1, -0.05) is 36.4 Å². The fourth-order valence-corrected chi connectivity index (χ4v) is 3.78. The molecule has 3 aromatic rings. The van der Waals surface area contributed by atoms with Crippen LogP contribution in [0.5, 0.6) is 11.5 Å². The van der Waals surface area contributed by atoms with Crippen LogP contribution in [0.2, 0.25) is 0 Å². The average Bonchev–Trinajstić information content (AvgIpc) is 3.09. The fourth-order valence-electron chi connectivity index (χ4n) is 3.78. The third-order valence-electron chi connectivity index (χ3n) is 5.25. The number of rotatable bonds is 5. The van der Waals surface area contributed by atoms with E-state index < -0.39 is 35.6 Å². The summed E-state index contributed by atoms with van der Waals surface area (Å²) < 4.78 is 47.3. The largest absolute Gasteiger partial charge is 0.573 e. The fraction of sp³-hybridized carbons (Fsp3) is 0.120. The predicted octanol–water partition coefficient (Wildman–Crippen LogP) is 5.22. The smallest absolute Gasteiger partial charge is 0.507 e. The molecule has 1 atom stereocenters. The van der Waals surface area contributed by atoms with E-state index in [0.717, 1.165) is 17.0 Å². The number of amides is 1. The molecular formula is C25H18F3NO5. The first kappa shape index (κ1) is 22.9. The molecule has 0 aromatic heterocycles. The number of halogens is 3. The Morgan fingerprint density at radius 1 is 0.912 bits per heavy atom. The molecule has 0 spiro atoms. The van der Waals surface area contributed by atoms with E-state index in [1.807, 2.05) is 0 Å². The van der Waals surface area contributed by atoms with Gasteiger partial charge in [0.2, 0.25) is 0 Å². The number of nitrogens with zero attached hydrogens (tertiary/aromatic N) is 1. The van der Waals surface area contributed by atoms with Gasteiger partial charge in [-0.05, 0) is 42.0 Å². The molecule has 1 fully saturated rings. The standard InChI is InChI=1S/C25H18F3NO5/c1-33-18-12-10-16(11-13-18)22(30)20-21(15-6-3-2-4-7-15)29(24(32)23(20)31)17-8-5-9-19(14-17)34-25(26,27)28/h2-14,21,30H,1H3/b22-20+. The van der Waals surface area contributed by atoms with Crippen molar-refractivity contribution in [3.05, 3.63) is 95.6 Å². The average molecular weight is 469 g/mol. The van der Waals surface area contributed by atoms with Crippen LogP contribution in [0.1, 0.15) is 17.2 Å². The summed E-state index contributed by atoms with van der Waals surface area (Å²) in [5, 5.41) is 11.0. The van der Waals surface area contributed by atoms with Crippen molar-refractivity contribution in [3.8, 4) is 11.5 Å². The van der Waals surface area contributed by atoms with E-state index in [9.17, 15) is 27.9 Å². The Morgan fingerprint density at radius 2 is 1.59 bits per heavy atom. The van der Waals surface area contributed by atoms with Gasteiger partial charge in [-0.3, -0.25) is 14.5 Å². The number of ether oxygens (including phenoxy) is 2. The number of Topliss-reactive ketones (excluding diaryl/α,β-unsaturated/α-hetero) is 1. The highest BCUT2D eigenvalue weighted by molar-refractivity contribution is 6.51. The summed E-state index contributed by atoms with van der Waals surface area (Å²) in [6, 6.07) is 18.3. The van der Waals surface area contributed by atoms with Gasteiger partial charge in [0.25, 0.3) is 11.7 Å². The number of aliphatic hydroxyl groups is 1. The lowest BCUT2D eigenvalue weighted by atomic mass is 9.95. The molecule has 0 bridgehead atoms. The predicted molar refractivity (Wildman–Crippen MR) is 117 cm³/mol. The molecule has 0 saturated carbocycles. The minimum absolute atomic E-state index is 0.00600. The Bertz CT molecular complexity index is 1250. The summed E-state index contributed by atoms with van der Waals surface area (Å²) in [4.78, 5) is 27.2. The van der Waals surface area contributed by atoms with Crippen molar-refractivity contribution in [1.29, 1.82) is 0 Å². The van der Waals surface area contributed by atoms with Crippen LogP contribution < -0.4 is 14.4 Å². The maximum atomic E-state index is 13.1. The van der Waals surface area contributed by atoms with Crippen molar-refractivity contribution in [3.63, 3.8) is 0 Å². The minimum Gasteiger partial charge on any atom is -0.507 e. The highest BCUT2D eigenvalue weighted by atomic mass is 19.4. The molecular weight excluding hydrogens is 451 g/mol. The first-order valence-electron chi connectivity index (χ1n) is 10.1. The molecule has 1 heterocycles. The van der Waals surface area contributed by atoms with Gasteiger partial charge in [0.15, 0.2) is 0 Å². The van der Waals surface area contributed by atoms with Crippen LogP contribution in [0.15, 0.2) is 84.4 Å². The summed E-state index contributed by atoms with van der Waals surface area (Å²) in [5.74, 6) is -2.40. The van der Waals surface area contributed by atoms with Crippen molar-refractivity contribution >= 4 is 23.1 Å². The summed E-state index contributed by atoms with van der Waals surface area (Å²) >= 11 is 0. The van der Waals surface area contributed by atoms with Crippen molar-refractivity contribution in [2.45, 2.75) is 12.4 Å². The van der Waals surface area contributed by atoms with Gasteiger partial charge in [0.05, 0.1) is 18.7 Å². The van der Waals surface area contributed by atoms with E-state index in [0.29, 0.717) is 11.3 Å². The molecule has 1 aliphatic heterocycles. The molecule has 9 heteroatoms. The lowest BCUT2D eigenvalue weighted by Gasteiger charge is -2.26. The second-order valence-corrected chi connectivity index (χ2v) is 7.35. The first-order valence-corrected chi connectivity index (χ1v) is 10.1. The lowest BCUT2D eigenvalue weighted by molar-refractivity contribution is -0.274. The van der Waals surface area contributed by atoms with Gasteiger partial charge in [0.1, 0.15) is 17.3 Å². The number of carbonyl (C=O) groups excluding carboxylic acids is 2. The molecule has 3 aromatic carbocycles. The van der Waals surface area contributed by atoms with Crippen LogP contribution in [0.3, 0.4) is 0 Å². The topological polar surface area (TPSA) is 76.1 Å². The van der Waals surface area contributed by atoms with E-state index >= 15 is 0 Å². The molecule has 4 rings (SSSR count). The Morgan fingerprint density at radius 3 is 2.21 bits per heavy atom. The number of methoxy groups -OCH3 is 1. The SMILES string of the molecule is COc1ccc(/C(O)=C2\C(=O)C(=O)N(c3cccc(OC(F)(F)F)c3)C2c2ccccc2)cc1. The number of alkyl halides is 3. The maximum Gasteiger partial charge on any atom is 0.573 e. The van der Waals surface area contributed by atoms with Gasteiger partial charge in [-0.2, -0.15) is 0 Å². The molecule has 34 heavy (non-hydrogen) atoms. The third kappa shape index (κ3) is 4.45. The number of ketones is 1. The van der Waals surface area contributed by atoms with Crippen molar-refractivity contribution in [2.24, 2.45) is 0 Å². The number of benzene rings is 3. The summed E-state index contributed by atoms with van der Waals surface area (Å²) in [5.41, 5.74) is 0.572. The van der Waals surface area contributed by atoms with Crippen molar-refractivity contribution in [1.82, 2.24) is 0 Å². The second-order valence-electron chi connectivity index (χ2n) is 7.35. The van der Waals surface area contributed by atoms with E-state index in [4.69, 9.17) is 4.74 Å². The summed E-state index contributed by atoms with van der Waals surface area (Å²) in [6.45, 7) is 0. The van der Waals surface area contributed by atoms with E-state index in [-0.39, 0.29) is 16.8 Å². The molecule has 174 valence electrons. The van der Waals surface area contributed by atoms with Crippen LogP contribution in [0.25, 0.3) is 5.76 Å². The molecule has 0 aliphatic carbocycles. The number of anilines is 1. The lowest BCUT2D eigenvalue weighted by Crippen LogP contribution is -2.29. The third-order valence-corrected chi connectivity index (χ3v) is 5.25. The number of aliphatic hydroxyl groups excluding tert-OH is 1. The van der Waals surface area contributed by atoms with Crippen LogP contribution in [-0.2, 0) is 9.59 Å². The summed E-state index contributed by atoms with van der Waals surface area (Å²) in [6.07, 6.45) is -4.93. The molecule has 1 N–H and O–H groups in total. The van der Waals surface area contributed by atoms with Gasteiger partial charge >= 0.3 is 6.36 Å². The summed E-state index contributed by atoms with van der Waals surface area (Å²) in [7, 11) is 1.48. The maximum absolute atomic E-state index is 13.1. The Balaban J connectivity index is 1.87. The van der Waals surface area contributed by atoms with Crippen LogP contribution >= 0.6 is 0 Å². The van der Waals surface area contributed by atoms with Gasteiger partial charge in [0, 0.05) is 17.3 Å². The Labute approximate surface area is 192 Å². The Kier molecular flexibility index (Phi) is 6.02. The molecule has 6 nitrogen and oxygen atoms in total. The minimum atomic E-state index is -4.93. The quantitative estimate of drug-likeness (QED) is 0.315. The zero-order valence-electron chi connectivity index (χ0n) is 17.7. The van der Waals surface area contributed by atoms with Crippen LogP contribution in [0, 0.1) is 0 Å². The zero-order valence-corrected chi connectivity index (χ0v) is 17.7. The second kappa shape index (κ2) is 8.93. The van der Waals surface area contributed by atoms with E-state index in [2.05, 4.69) is 4.74 Å². The normalized spacial score (nSPS) is 17.6.